The zero-order valence-corrected chi connectivity index (χ0v) is 13.9. The van der Waals surface area contributed by atoms with E-state index in [1.165, 1.54) is 7.11 Å². The van der Waals surface area contributed by atoms with Crippen molar-refractivity contribution in [2.75, 3.05) is 20.3 Å². The van der Waals surface area contributed by atoms with E-state index in [2.05, 4.69) is 5.32 Å². The maximum absolute atomic E-state index is 12.5. The van der Waals surface area contributed by atoms with E-state index in [9.17, 15) is 9.59 Å². The average Bonchev–Trinajstić information content (AvgIpc) is 2.61. The molecule has 1 aliphatic carbocycles. The monoisotopic (exact) mass is 333 g/mol. The molecular formula is C18H23NO5. The Labute approximate surface area is 141 Å². The molecule has 0 spiro atoms. The van der Waals surface area contributed by atoms with Crippen LogP contribution >= 0.6 is 0 Å². The summed E-state index contributed by atoms with van der Waals surface area (Å²) in [5.74, 6) is 0.826. The number of ether oxygens (including phenoxy) is 3. The van der Waals surface area contributed by atoms with Crippen LogP contribution in [0.1, 0.15) is 37.7 Å². The third-order valence-electron chi connectivity index (χ3n) is 4.63. The van der Waals surface area contributed by atoms with E-state index in [4.69, 9.17) is 14.2 Å². The summed E-state index contributed by atoms with van der Waals surface area (Å²) in [6.45, 7) is 1.04. The van der Waals surface area contributed by atoms with E-state index in [0.717, 1.165) is 24.8 Å². The van der Waals surface area contributed by atoms with E-state index in [0.29, 0.717) is 37.6 Å². The molecule has 0 radical (unpaired) electrons. The summed E-state index contributed by atoms with van der Waals surface area (Å²) < 4.78 is 15.9. The maximum atomic E-state index is 12.5. The third-order valence-corrected chi connectivity index (χ3v) is 4.63. The molecule has 1 fully saturated rings. The van der Waals surface area contributed by atoms with Crippen LogP contribution in [0.3, 0.4) is 0 Å². The van der Waals surface area contributed by atoms with Crippen molar-refractivity contribution in [3.8, 4) is 11.5 Å². The summed E-state index contributed by atoms with van der Waals surface area (Å²) in [4.78, 5) is 24.7. The molecule has 2 aliphatic rings. The highest BCUT2D eigenvalue weighted by Crippen LogP contribution is 2.32. The number of amides is 1. The van der Waals surface area contributed by atoms with E-state index < -0.39 is 5.54 Å². The van der Waals surface area contributed by atoms with Crippen molar-refractivity contribution in [1.29, 1.82) is 0 Å². The Morgan fingerprint density at radius 1 is 1.12 bits per heavy atom. The molecule has 3 rings (SSSR count). The van der Waals surface area contributed by atoms with Crippen molar-refractivity contribution >= 4 is 11.9 Å². The molecule has 1 amide bonds. The lowest BCUT2D eigenvalue weighted by Crippen LogP contribution is -2.56. The molecule has 0 atom stereocenters. The lowest BCUT2D eigenvalue weighted by atomic mass is 9.81. The van der Waals surface area contributed by atoms with Gasteiger partial charge in [-0.1, -0.05) is 25.3 Å². The average molecular weight is 333 g/mol. The number of hydrogen-bond acceptors (Lipinski definition) is 5. The molecule has 1 aromatic rings. The van der Waals surface area contributed by atoms with E-state index >= 15 is 0 Å². The molecule has 0 saturated heterocycles. The molecule has 1 aromatic carbocycles. The van der Waals surface area contributed by atoms with Gasteiger partial charge in [-0.25, -0.2) is 4.79 Å². The number of esters is 1. The summed E-state index contributed by atoms with van der Waals surface area (Å²) in [7, 11) is 1.37. The topological polar surface area (TPSA) is 73.9 Å². The fourth-order valence-electron chi connectivity index (χ4n) is 3.43. The number of methoxy groups -OCH3 is 1. The summed E-state index contributed by atoms with van der Waals surface area (Å²) >= 11 is 0. The summed E-state index contributed by atoms with van der Waals surface area (Å²) in [5.41, 5.74) is -0.0506. The van der Waals surface area contributed by atoms with Gasteiger partial charge in [0, 0.05) is 0 Å². The van der Waals surface area contributed by atoms with E-state index in [-0.39, 0.29) is 18.3 Å². The number of benzene rings is 1. The minimum absolute atomic E-state index is 0.182. The van der Waals surface area contributed by atoms with Crippen molar-refractivity contribution in [3.05, 3.63) is 23.8 Å². The normalized spacial score (nSPS) is 18.5. The first-order chi connectivity index (χ1) is 11.6. The van der Waals surface area contributed by atoms with Gasteiger partial charge < -0.3 is 19.5 Å². The molecule has 1 heterocycles. The zero-order valence-electron chi connectivity index (χ0n) is 13.9. The van der Waals surface area contributed by atoms with Crippen molar-refractivity contribution < 1.29 is 23.8 Å². The second-order valence-electron chi connectivity index (χ2n) is 6.34. The largest absolute Gasteiger partial charge is 0.486 e. The van der Waals surface area contributed by atoms with Gasteiger partial charge in [0.1, 0.15) is 18.8 Å². The number of fused-ring (bicyclic) bond motifs is 1. The standard InChI is InChI=1S/C18H23NO5/c1-22-17(21)18(7-3-2-4-8-18)19-16(20)12-13-5-6-14-15(11-13)24-10-9-23-14/h5-6,11H,2-4,7-10,12H2,1H3,(H,19,20). The Kier molecular flexibility index (Phi) is 4.92. The number of carbonyl (C=O) groups is 2. The summed E-state index contributed by atoms with van der Waals surface area (Å²) in [6, 6.07) is 5.48. The Morgan fingerprint density at radius 3 is 2.54 bits per heavy atom. The van der Waals surface area contributed by atoms with Gasteiger partial charge in [-0.2, -0.15) is 0 Å². The first-order valence-electron chi connectivity index (χ1n) is 8.41. The molecule has 1 N–H and O–H groups in total. The van der Waals surface area contributed by atoms with Gasteiger partial charge in [-0.3, -0.25) is 4.79 Å². The molecule has 6 nitrogen and oxygen atoms in total. The Balaban J connectivity index is 1.68. The van der Waals surface area contributed by atoms with Gasteiger partial charge in [-0.15, -0.1) is 0 Å². The zero-order chi connectivity index (χ0) is 17.0. The summed E-state index contributed by atoms with van der Waals surface area (Å²) in [5, 5.41) is 2.93. The van der Waals surface area contributed by atoms with Crippen LogP contribution in [0.15, 0.2) is 18.2 Å². The van der Waals surface area contributed by atoms with E-state index in [1.807, 2.05) is 18.2 Å². The van der Waals surface area contributed by atoms with Crippen LogP contribution in [-0.4, -0.2) is 37.7 Å². The fourth-order valence-corrected chi connectivity index (χ4v) is 3.43. The smallest absolute Gasteiger partial charge is 0.331 e. The molecule has 0 unspecified atom stereocenters. The molecule has 1 saturated carbocycles. The molecule has 0 bridgehead atoms. The number of nitrogens with one attached hydrogen (secondary N) is 1. The minimum Gasteiger partial charge on any atom is -0.486 e. The Morgan fingerprint density at radius 2 is 1.83 bits per heavy atom. The van der Waals surface area contributed by atoms with Crippen molar-refractivity contribution in [3.63, 3.8) is 0 Å². The highest BCUT2D eigenvalue weighted by Gasteiger charge is 2.41. The maximum Gasteiger partial charge on any atom is 0.331 e. The second kappa shape index (κ2) is 7.11. The predicted molar refractivity (Wildman–Crippen MR) is 87.1 cm³/mol. The van der Waals surface area contributed by atoms with Gasteiger partial charge in [0.25, 0.3) is 0 Å². The van der Waals surface area contributed by atoms with E-state index in [1.54, 1.807) is 0 Å². The van der Waals surface area contributed by atoms with Crippen LogP contribution in [0.2, 0.25) is 0 Å². The molecule has 130 valence electrons. The molecule has 1 aliphatic heterocycles. The highest BCUT2D eigenvalue weighted by atomic mass is 16.6. The quantitative estimate of drug-likeness (QED) is 0.853. The molecule has 6 heteroatoms. The van der Waals surface area contributed by atoms with Crippen LogP contribution < -0.4 is 14.8 Å². The van der Waals surface area contributed by atoms with Crippen LogP contribution in [0.5, 0.6) is 11.5 Å². The van der Waals surface area contributed by atoms with Gasteiger partial charge in [0.05, 0.1) is 13.5 Å². The van der Waals surface area contributed by atoms with Crippen LogP contribution in [0, 0.1) is 0 Å². The van der Waals surface area contributed by atoms with Crippen LogP contribution in [0.25, 0.3) is 0 Å². The molecular weight excluding hydrogens is 310 g/mol. The lowest BCUT2D eigenvalue weighted by Gasteiger charge is -2.35. The van der Waals surface area contributed by atoms with Crippen molar-refractivity contribution in [2.24, 2.45) is 0 Å². The SMILES string of the molecule is COC(=O)C1(NC(=O)Cc2ccc3c(c2)OCCO3)CCCCC1. The van der Waals surface area contributed by atoms with Gasteiger partial charge >= 0.3 is 5.97 Å². The van der Waals surface area contributed by atoms with Gasteiger partial charge in [-0.05, 0) is 30.5 Å². The fraction of sp³-hybridized carbons (Fsp3) is 0.556. The molecule has 0 aromatic heterocycles. The van der Waals surface area contributed by atoms with Crippen molar-refractivity contribution in [2.45, 2.75) is 44.1 Å². The van der Waals surface area contributed by atoms with Crippen LogP contribution in [0.4, 0.5) is 0 Å². The third kappa shape index (κ3) is 3.47. The molecule has 24 heavy (non-hydrogen) atoms. The Hall–Kier alpha value is -2.24. The number of rotatable bonds is 4. The first-order valence-corrected chi connectivity index (χ1v) is 8.41. The van der Waals surface area contributed by atoms with Crippen LogP contribution in [-0.2, 0) is 20.7 Å². The van der Waals surface area contributed by atoms with Crippen molar-refractivity contribution in [1.82, 2.24) is 5.32 Å². The number of carbonyl (C=O) groups excluding carboxylic acids is 2. The Bertz CT molecular complexity index is 622. The number of hydrogen-bond donors (Lipinski definition) is 1. The summed E-state index contributed by atoms with van der Waals surface area (Å²) in [6.07, 6.45) is 4.37. The minimum atomic E-state index is -0.877. The van der Waals surface area contributed by atoms with Gasteiger partial charge in [0.15, 0.2) is 11.5 Å². The predicted octanol–water partition coefficient (Wildman–Crippen LogP) is 1.99. The highest BCUT2D eigenvalue weighted by molar-refractivity contribution is 5.89. The first kappa shape index (κ1) is 16.6. The second-order valence-corrected chi connectivity index (χ2v) is 6.34. The lowest BCUT2D eigenvalue weighted by molar-refractivity contribution is -0.152. The van der Waals surface area contributed by atoms with Gasteiger partial charge in [0.2, 0.25) is 5.91 Å².